The molecule has 1 unspecified atom stereocenters. The van der Waals surface area contributed by atoms with E-state index in [9.17, 15) is 24.0 Å². The van der Waals surface area contributed by atoms with Crippen LogP contribution in [0.2, 0.25) is 0 Å². The Morgan fingerprint density at radius 1 is 1.27 bits per heavy atom. The van der Waals surface area contributed by atoms with Gasteiger partial charge >= 0.3 is 0 Å². The molecule has 0 spiro atoms. The van der Waals surface area contributed by atoms with Crippen LogP contribution in [0.4, 0.5) is 0 Å². The summed E-state index contributed by atoms with van der Waals surface area (Å²) in [6.07, 6.45) is 4.77. The molecule has 1 aromatic heterocycles. The standard InChI is InChI=1S/C19H24N6O5/c20-16(27)11-3-1-7-24(9-11)10-13(23-18(29)12-5-6-15(26)22-12)19(30)25-8-2-4-14(25)17(21)28/h1,3,7,9,12-14H,2,4-6,8,10H2,(H5-,20,21,22,23,26,27,28,29)/p+1/t12-,13?,14-/m0/s1. The van der Waals surface area contributed by atoms with Crippen molar-refractivity contribution >= 4 is 29.5 Å². The second kappa shape index (κ2) is 8.89. The minimum atomic E-state index is -1.02. The van der Waals surface area contributed by atoms with E-state index >= 15 is 0 Å². The van der Waals surface area contributed by atoms with Crippen molar-refractivity contribution in [1.29, 1.82) is 0 Å². The van der Waals surface area contributed by atoms with Gasteiger partial charge in [0.15, 0.2) is 25.0 Å². The fraction of sp³-hybridized carbons (Fsp3) is 0.474. The maximum Gasteiger partial charge on any atom is 0.254 e. The molecule has 3 rings (SSSR count). The molecule has 160 valence electrons. The largest absolute Gasteiger partial charge is 0.368 e. The highest BCUT2D eigenvalue weighted by molar-refractivity contribution is 5.95. The number of aromatic nitrogens is 1. The summed E-state index contributed by atoms with van der Waals surface area (Å²) in [5, 5.41) is 5.24. The molecule has 2 saturated heterocycles. The lowest BCUT2D eigenvalue weighted by atomic mass is 10.1. The second-order valence-corrected chi connectivity index (χ2v) is 7.47. The molecule has 11 heteroatoms. The Hall–Kier alpha value is -3.50. The van der Waals surface area contributed by atoms with E-state index in [-0.39, 0.29) is 24.4 Å². The summed E-state index contributed by atoms with van der Waals surface area (Å²) in [5.41, 5.74) is 11.0. The predicted octanol–water partition coefficient (Wildman–Crippen LogP) is -2.69. The number of pyridine rings is 1. The molecule has 2 aliphatic heterocycles. The highest BCUT2D eigenvalue weighted by atomic mass is 16.2. The third kappa shape index (κ3) is 4.73. The molecule has 0 aromatic carbocycles. The van der Waals surface area contributed by atoms with E-state index in [0.29, 0.717) is 25.8 Å². The van der Waals surface area contributed by atoms with Crippen LogP contribution in [0.25, 0.3) is 0 Å². The van der Waals surface area contributed by atoms with Gasteiger partial charge in [0, 0.05) is 19.0 Å². The number of likely N-dealkylation sites (tertiary alicyclic amines) is 1. The van der Waals surface area contributed by atoms with Crippen molar-refractivity contribution in [2.45, 2.75) is 50.4 Å². The van der Waals surface area contributed by atoms with Crippen LogP contribution in [-0.2, 0) is 25.7 Å². The van der Waals surface area contributed by atoms with Crippen molar-refractivity contribution < 1.29 is 28.5 Å². The highest BCUT2D eigenvalue weighted by Gasteiger charge is 2.39. The molecular formula is C19H25N6O5+. The van der Waals surface area contributed by atoms with Crippen molar-refractivity contribution in [1.82, 2.24) is 15.5 Å². The Balaban J connectivity index is 1.82. The van der Waals surface area contributed by atoms with E-state index in [1.807, 2.05) is 0 Å². The summed E-state index contributed by atoms with van der Waals surface area (Å²) >= 11 is 0. The first kappa shape index (κ1) is 21.2. The van der Waals surface area contributed by atoms with Crippen LogP contribution < -0.4 is 26.7 Å². The Bertz CT molecular complexity index is 888. The lowest BCUT2D eigenvalue weighted by molar-refractivity contribution is -0.697. The molecule has 11 nitrogen and oxygen atoms in total. The fourth-order valence-corrected chi connectivity index (χ4v) is 3.79. The van der Waals surface area contributed by atoms with Crippen molar-refractivity contribution in [3.05, 3.63) is 30.1 Å². The van der Waals surface area contributed by atoms with Crippen molar-refractivity contribution in [3.8, 4) is 0 Å². The van der Waals surface area contributed by atoms with E-state index in [2.05, 4.69) is 10.6 Å². The van der Waals surface area contributed by atoms with E-state index in [0.717, 1.165) is 0 Å². The van der Waals surface area contributed by atoms with Crippen LogP contribution in [-0.4, -0.2) is 59.1 Å². The average Bonchev–Trinajstić information content (AvgIpc) is 3.36. The normalized spacial score (nSPS) is 21.7. The van der Waals surface area contributed by atoms with Crippen molar-refractivity contribution in [2.24, 2.45) is 11.5 Å². The number of carbonyl (C=O) groups excluding carboxylic acids is 5. The molecule has 6 N–H and O–H groups in total. The van der Waals surface area contributed by atoms with Crippen molar-refractivity contribution in [3.63, 3.8) is 0 Å². The molecule has 0 bridgehead atoms. The van der Waals surface area contributed by atoms with Gasteiger partial charge in [-0.25, -0.2) is 4.57 Å². The third-order valence-corrected chi connectivity index (χ3v) is 5.33. The molecule has 0 radical (unpaired) electrons. The van der Waals surface area contributed by atoms with Crippen LogP contribution in [0.5, 0.6) is 0 Å². The van der Waals surface area contributed by atoms with Gasteiger partial charge in [-0.1, -0.05) is 0 Å². The number of amides is 5. The van der Waals surface area contributed by atoms with Gasteiger partial charge in [0.2, 0.25) is 17.7 Å². The van der Waals surface area contributed by atoms with Gasteiger partial charge in [-0.15, -0.1) is 0 Å². The smallest absolute Gasteiger partial charge is 0.254 e. The molecule has 3 atom stereocenters. The first-order valence-corrected chi connectivity index (χ1v) is 9.74. The van der Waals surface area contributed by atoms with Crippen LogP contribution in [0, 0.1) is 0 Å². The van der Waals surface area contributed by atoms with E-state index < -0.39 is 41.8 Å². The quantitative estimate of drug-likeness (QED) is 0.354. The summed E-state index contributed by atoms with van der Waals surface area (Å²) in [4.78, 5) is 61.8. The molecule has 30 heavy (non-hydrogen) atoms. The van der Waals surface area contributed by atoms with Gasteiger partial charge in [-0.3, -0.25) is 24.0 Å². The first-order chi connectivity index (χ1) is 14.3. The summed E-state index contributed by atoms with van der Waals surface area (Å²) in [6.45, 7) is 0.360. The van der Waals surface area contributed by atoms with Crippen LogP contribution in [0.3, 0.4) is 0 Å². The molecule has 0 saturated carbocycles. The number of primary amides is 2. The third-order valence-electron chi connectivity index (χ3n) is 5.33. The van der Waals surface area contributed by atoms with Gasteiger partial charge in [0.1, 0.15) is 17.6 Å². The van der Waals surface area contributed by atoms with E-state index in [1.54, 1.807) is 16.8 Å². The van der Waals surface area contributed by atoms with Gasteiger partial charge in [-0.05, 0) is 25.3 Å². The maximum atomic E-state index is 13.2. The van der Waals surface area contributed by atoms with Crippen LogP contribution in [0.1, 0.15) is 36.0 Å². The molecule has 2 aliphatic rings. The number of nitrogens with one attached hydrogen (secondary N) is 2. The van der Waals surface area contributed by atoms with Crippen LogP contribution in [0.15, 0.2) is 24.5 Å². The Morgan fingerprint density at radius 2 is 2.03 bits per heavy atom. The molecule has 1 aromatic rings. The Labute approximate surface area is 172 Å². The molecule has 5 amide bonds. The molecular weight excluding hydrogens is 392 g/mol. The number of nitrogens with zero attached hydrogens (tertiary/aromatic N) is 2. The fourth-order valence-electron chi connectivity index (χ4n) is 3.79. The van der Waals surface area contributed by atoms with Gasteiger partial charge in [0.05, 0.1) is 0 Å². The molecule has 2 fully saturated rings. The zero-order valence-electron chi connectivity index (χ0n) is 16.4. The Kier molecular flexibility index (Phi) is 6.28. The highest BCUT2D eigenvalue weighted by Crippen LogP contribution is 2.18. The number of hydrogen-bond donors (Lipinski definition) is 4. The number of hydrogen-bond acceptors (Lipinski definition) is 5. The summed E-state index contributed by atoms with van der Waals surface area (Å²) in [6, 6.07) is 0.655. The molecule has 3 heterocycles. The average molecular weight is 417 g/mol. The van der Waals surface area contributed by atoms with Gasteiger partial charge < -0.3 is 27.0 Å². The van der Waals surface area contributed by atoms with Gasteiger partial charge in [0.25, 0.3) is 11.8 Å². The summed E-state index contributed by atoms with van der Waals surface area (Å²) in [5.74, 6) is -2.39. The van der Waals surface area contributed by atoms with Crippen LogP contribution >= 0.6 is 0 Å². The number of rotatable bonds is 7. The lowest BCUT2D eigenvalue weighted by Crippen LogP contribution is -2.59. The zero-order chi connectivity index (χ0) is 21.8. The monoisotopic (exact) mass is 417 g/mol. The topological polar surface area (TPSA) is 169 Å². The second-order valence-electron chi connectivity index (χ2n) is 7.47. The minimum absolute atomic E-state index is 0.00828. The van der Waals surface area contributed by atoms with E-state index in [4.69, 9.17) is 11.5 Å². The predicted molar refractivity (Wildman–Crippen MR) is 102 cm³/mol. The number of nitrogens with two attached hydrogens (primary N) is 2. The summed E-state index contributed by atoms with van der Waals surface area (Å²) < 4.78 is 1.56. The maximum absolute atomic E-state index is 13.2. The SMILES string of the molecule is NC(=O)c1ccc[n+](CC(NC(=O)[C@@H]2CCC(=O)N2)C(=O)N2CCC[C@H]2C(N)=O)c1. The summed E-state index contributed by atoms with van der Waals surface area (Å²) in [7, 11) is 0. The number of carbonyl (C=O) groups is 5. The van der Waals surface area contributed by atoms with E-state index in [1.165, 1.54) is 17.2 Å². The lowest BCUT2D eigenvalue weighted by Gasteiger charge is -2.27. The minimum Gasteiger partial charge on any atom is -0.368 e. The molecule has 0 aliphatic carbocycles. The van der Waals surface area contributed by atoms with Crippen molar-refractivity contribution in [2.75, 3.05) is 6.54 Å². The zero-order valence-corrected chi connectivity index (χ0v) is 16.4. The Morgan fingerprint density at radius 3 is 2.67 bits per heavy atom. The first-order valence-electron chi connectivity index (χ1n) is 9.74. The van der Waals surface area contributed by atoms with Gasteiger partial charge in [-0.2, -0.15) is 0 Å².